The largest absolute Gasteiger partial charge is 0.477 e. The zero-order chi connectivity index (χ0) is 29.4. The maximum Gasteiger partial charge on any atom is 0.439 e. The number of carbonyl (C=O) groups is 2. The van der Waals surface area contributed by atoms with E-state index in [0.29, 0.717) is 22.8 Å². The van der Waals surface area contributed by atoms with Gasteiger partial charge in [-0.25, -0.2) is 19.6 Å². The highest BCUT2D eigenvalue weighted by Gasteiger charge is 2.20. The fourth-order valence-corrected chi connectivity index (χ4v) is 4.63. The van der Waals surface area contributed by atoms with Gasteiger partial charge in [0, 0.05) is 31.1 Å². The average molecular weight is 623 g/mol. The lowest BCUT2D eigenvalue weighted by atomic mass is 10.0. The number of H-pyrrole nitrogens is 1. The number of aromatic carboxylic acids is 1. The highest BCUT2D eigenvalue weighted by molar-refractivity contribution is 5.95. The SMILES string of the molecule is C.Cc1nc2cc(CNC(=O)c3cc(C(=O)O)n4nnnc4n3)ccc2o1.Cl.N[C@H]1CCc2cc(-c3noc(=O)[nH]3)ccc21. The van der Waals surface area contributed by atoms with Crippen LogP contribution in [0.4, 0.5) is 0 Å². The van der Waals surface area contributed by atoms with Crippen LogP contribution in [0.1, 0.15) is 63.4 Å². The summed E-state index contributed by atoms with van der Waals surface area (Å²) in [6.45, 7) is 1.96. The lowest BCUT2D eigenvalue weighted by molar-refractivity contribution is 0.0687. The van der Waals surface area contributed by atoms with E-state index in [9.17, 15) is 19.5 Å². The summed E-state index contributed by atoms with van der Waals surface area (Å²) in [6, 6.07) is 12.5. The minimum absolute atomic E-state index is 0. The van der Waals surface area contributed by atoms with Gasteiger partial charge in [-0.05, 0) is 58.2 Å². The molecule has 0 saturated heterocycles. The summed E-state index contributed by atoms with van der Waals surface area (Å²) in [5, 5.41) is 26.0. The summed E-state index contributed by atoms with van der Waals surface area (Å²) < 4.78 is 10.8. The van der Waals surface area contributed by atoms with Gasteiger partial charge in [0.05, 0.1) is 0 Å². The Balaban J connectivity index is 0.000000212. The molecule has 1 aliphatic carbocycles. The third kappa shape index (κ3) is 6.30. The molecule has 228 valence electrons. The molecular weight excluding hydrogens is 596 g/mol. The van der Waals surface area contributed by atoms with E-state index in [-0.39, 0.29) is 49.6 Å². The molecular formula is C27H27ClN10O6. The third-order valence-corrected chi connectivity index (χ3v) is 6.62. The van der Waals surface area contributed by atoms with Crippen molar-refractivity contribution in [3.05, 3.63) is 87.0 Å². The van der Waals surface area contributed by atoms with Gasteiger partial charge in [-0.15, -0.1) is 12.4 Å². The minimum atomic E-state index is -1.27. The Labute approximate surface area is 254 Å². The van der Waals surface area contributed by atoms with Crippen LogP contribution in [0, 0.1) is 6.92 Å². The van der Waals surface area contributed by atoms with Gasteiger partial charge in [0.2, 0.25) is 0 Å². The molecule has 5 N–H and O–H groups in total. The monoisotopic (exact) mass is 622 g/mol. The van der Waals surface area contributed by atoms with Crippen LogP contribution in [0.2, 0.25) is 0 Å². The fourth-order valence-electron chi connectivity index (χ4n) is 4.63. The highest BCUT2D eigenvalue weighted by atomic mass is 35.5. The van der Waals surface area contributed by atoms with Crippen LogP contribution in [-0.4, -0.2) is 57.1 Å². The number of fused-ring (bicyclic) bond motifs is 3. The normalized spacial score (nSPS) is 13.4. The van der Waals surface area contributed by atoms with Crippen LogP contribution in [0.3, 0.4) is 0 Å². The Hall–Kier alpha value is -5.48. The molecule has 1 amide bonds. The van der Waals surface area contributed by atoms with E-state index >= 15 is 0 Å². The second kappa shape index (κ2) is 12.8. The van der Waals surface area contributed by atoms with E-state index in [1.54, 1.807) is 25.1 Å². The standard InChI is InChI=1S/C15H11N7O4.C11H11N3O2.CH4.ClH/c1-7-17-9-4-8(2-3-12(9)26-7)6-16-13(23)10-5-11(14(24)25)22-15(18-10)19-20-21-22;12-9-4-2-6-5-7(1-3-8(6)9)10-13-11(15)16-14-10;;/h2-5H,6H2,1H3,(H,16,23)(H,24,25);1,3,5,9H,2,4,12H2,(H,13,14,15);1H4;1H/t;9-;;/m.0../s1. The number of hydrogen-bond acceptors (Lipinski definition) is 12. The van der Waals surface area contributed by atoms with E-state index in [1.165, 1.54) is 11.1 Å². The molecule has 16 nitrogen and oxygen atoms in total. The summed E-state index contributed by atoms with van der Waals surface area (Å²) in [5.41, 5.74) is 11.0. The fraction of sp³-hybridized carbons (Fsp3) is 0.222. The molecule has 0 unspecified atom stereocenters. The van der Waals surface area contributed by atoms with Crippen LogP contribution in [-0.2, 0) is 13.0 Å². The Morgan fingerprint density at radius 2 is 2.00 bits per heavy atom. The number of hydrogen-bond donors (Lipinski definition) is 4. The molecule has 0 spiro atoms. The number of carboxylic acids is 1. The predicted octanol–water partition coefficient (Wildman–Crippen LogP) is 2.63. The summed E-state index contributed by atoms with van der Waals surface area (Å²) >= 11 is 0. The second-order valence-electron chi connectivity index (χ2n) is 9.44. The van der Waals surface area contributed by atoms with E-state index < -0.39 is 17.6 Å². The van der Waals surface area contributed by atoms with E-state index in [2.05, 4.69) is 45.5 Å². The number of nitrogens with zero attached hydrogens (tertiary/aromatic N) is 7. The Morgan fingerprint density at radius 1 is 1.18 bits per heavy atom. The van der Waals surface area contributed by atoms with Crippen molar-refractivity contribution in [2.24, 2.45) is 5.73 Å². The molecule has 4 heterocycles. The number of carbonyl (C=O) groups excluding carboxylic acids is 1. The van der Waals surface area contributed by atoms with Crippen LogP contribution in [0.25, 0.3) is 28.3 Å². The molecule has 0 fully saturated rings. The molecule has 4 aromatic heterocycles. The van der Waals surface area contributed by atoms with Gasteiger partial charge < -0.3 is 20.6 Å². The number of aromatic nitrogens is 8. The first-order valence-corrected chi connectivity index (χ1v) is 12.7. The molecule has 0 radical (unpaired) electrons. The number of aromatic amines is 1. The van der Waals surface area contributed by atoms with Gasteiger partial charge in [0.1, 0.15) is 11.2 Å². The molecule has 0 aliphatic heterocycles. The number of tetrazole rings is 1. The van der Waals surface area contributed by atoms with Crippen molar-refractivity contribution >= 4 is 41.2 Å². The molecule has 0 bridgehead atoms. The summed E-state index contributed by atoms with van der Waals surface area (Å²) in [5.74, 6) is -1.41. The first-order valence-electron chi connectivity index (χ1n) is 12.7. The molecule has 44 heavy (non-hydrogen) atoms. The molecule has 1 aliphatic rings. The zero-order valence-corrected chi connectivity index (χ0v) is 23.2. The summed E-state index contributed by atoms with van der Waals surface area (Å²) in [6.07, 6.45) is 1.96. The molecule has 7 rings (SSSR count). The van der Waals surface area contributed by atoms with E-state index in [4.69, 9.17) is 10.2 Å². The molecule has 17 heteroatoms. The Kier molecular flexibility index (Phi) is 9.15. The zero-order valence-electron chi connectivity index (χ0n) is 22.3. The van der Waals surface area contributed by atoms with Gasteiger partial charge in [0.15, 0.2) is 23.0 Å². The smallest absolute Gasteiger partial charge is 0.439 e. The van der Waals surface area contributed by atoms with Crippen LogP contribution >= 0.6 is 12.4 Å². The molecule has 0 saturated carbocycles. The molecule has 2 aromatic carbocycles. The van der Waals surface area contributed by atoms with Crippen molar-refractivity contribution < 1.29 is 23.6 Å². The minimum Gasteiger partial charge on any atom is -0.477 e. The number of oxazole rings is 1. The Morgan fingerprint density at radius 3 is 2.75 bits per heavy atom. The molecule has 6 aromatic rings. The maximum atomic E-state index is 12.3. The van der Waals surface area contributed by atoms with Crippen molar-refractivity contribution in [3.8, 4) is 11.4 Å². The number of halogens is 1. The number of amides is 1. The van der Waals surface area contributed by atoms with Crippen molar-refractivity contribution in [1.82, 2.24) is 45.5 Å². The third-order valence-electron chi connectivity index (χ3n) is 6.62. The van der Waals surface area contributed by atoms with Gasteiger partial charge in [-0.1, -0.05) is 35.9 Å². The maximum absolute atomic E-state index is 12.3. The number of nitrogens with one attached hydrogen (secondary N) is 2. The summed E-state index contributed by atoms with van der Waals surface area (Å²) in [7, 11) is 0. The number of aryl methyl sites for hydroxylation is 2. The van der Waals surface area contributed by atoms with Crippen molar-refractivity contribution in [2.45, 2.75) is 39.8 Å². The van der Waals surface area contributed by atoms with Crippen LogP contribution in [0.5, 0.6) is 0 Å². The first-order chi connectivity index (χ1) is 20.2. The lowest BCUT2D eigenvalue weighted by Crippen LogP contribution is -2.25. The van der Waals surface area contributed by atoms with E-state index in [0.717, 1.165) is 34.6 Å². The van der Waals surface area contributed by atoms with Crippen molar-refractivity contribution in [2.75, 3.05) is 0 Å². The van der Waals surface area contributed by atoms with Crippen LogP contribution in [0.15, 0.2) is 56.2 Å². The van der Waals surface area contributed by atoms with Gasteiger partial charge in [-0.3, -0.25) is 14.3 Å². The number of rotatable bonds is 5. The Bertz CT molecular complexity index is 2030. The first kappa shape index (κ1) is 31.5. The number of benzene rings is 2. The van der Waals surface area contributed by atoms with Gasteiger partial charge in [-0.2, -0.15) is 4.52 Å². The van der Waals surface area contributed by atoms with Gasteiger partial charge >= 0.3 is 11.7 Å². The topological polar surface area (TPSA) is 233 Å². The van der Waals surface area contributed by atoms with E-state index in [1.807, 2.05) is 18.2 Å². The summed E-state index contributed by atoms with van der Waals surface area (Å²) in [4.78, 5) is 45.2. The van der Waals surface area contributed by atoms with Crippen LogP contribution < -0.4 is 16.8 Å². The predicted molar refractivity (Wildman–Crippen MR) is 157 cm³/mol. The number of nitrogens with two attached hydrogens (primary N) is 1. The van der Waals surface area contributed by atoms with Crippen molar-refractivity contribution in [1.29, 1.82) is 0 Å². The quantitative estimate of drug-likeness (QED) is 0.217. The van der Waals surface area contributed by atoms with Gasteiger partial charge in [0.25, 0.3) is 11.7 Å². The highest BCUT2D eigenvalue weighted by Crippen LogP contribution is 2.31. The average Bonchev–Trinajstić information content (AvgIpc) is 3.77. The second-order valence-corrected chi connectivity index (χ2v) is 9.44. The molecule has 1 atom stereocenters. The van der Waals surface area contributed by atoms with Crippen molar-refractivity contribution in [3.63, 3.8) is 0 Å². The number of carboxylic acid groups (broad SMARTS) is 1. The lowest BCUT2D eigenvalue weighted by Gasteiger charge is -2.06.